The van der Waals surface area contributed by atoms with Crippen LogP contribution in [-0.4, -0.2) is 33.2 Å². The van der Waals surface area contributed by atoms with Gasteiger partial charge in [0.05, 0.1) is 12.7 Å². The van der Waals surface area contributed by atoms with E-state index in [1.807, 2.05) is 13.8 Å². The Hall–Kier alpha value is -3.01. The van der Waals surface area contributed by atoms with E-state index in [1.54, 1.807) is 28.8 Å². The fourth-order valence-electron chi connectivity index (χ4n) is 2.60. The molecule has 0 saturated carbocycles. The lowest BCUT2D eigenvalue weighted by Crippen LogP contribution is -2.06. The molecule has 0 aliphatic rings. The monoisotopic (exact) mass is 371 g/mol. The summed E-state index contributed by atoms with van der Waals surface area (Å²) in [6.45, 7) is 6.44. The second-order valence-electron chi connectivity index (χ2n) is 6.42. The zero-order valence-electron chi connectivity index (χ0n) is 15.9. The van der Waals surface area contributed by atoms with E-state index < -0.39 is 5.97 Å². The van der Waals surface area contributed by atoms with Gasteiger partial charge in [0.1, 0.15) is 17.3 Å². The molecule has 0 saturated heterocycles. The van der Waals surface area contributed by atoms with Gasteiger partial charge in [0.15, 0.2) is 11.4 Å². The Morgan fingerprint density at radius 2 is 2.19 bits per heavy atom. The molecule has 0 aliphatic carbocycles. The molecule has 0 spiro atoms. The summed E-state index contributed by atoms with van der Waals surface area (Å²) in [5.41, 5.74) is 0.542. The number of ether oxygens (including phenoxy) is 2. The van der Waals surface area contributed by atoms with Crippen molar-refractivity contribution in [3.8, 4) is 17.7 Å². The minimum atomic E-state index is -1.30. The Labute approximate surface area is 158 Å². The number of rotatable bonds is 10. The number of carboxylic acids is 1. The zero-order chi connectivity index (χ0) is 19.8. The van der Waals surface area contributed by atoms with Crippen molar-refractivity contribution >= 4 is 17.7 Å². The lowest BCUT2D eigenvalue weighted by molar-refractivity contribution is -0.132. The second-order valence-corrected chi connectivity index (χ2v) is 6.42. The van der Waals surface area contributed by atoms with Gasteiger partial charge in [-0.25, -0.2) is 4.79 Å². The molecule has 0 aromatic carbocycles. The molecule has 0 radical (unpaired) electrons. The van der Waals surface area contributed by atoms with Crippen LogP contribution in [0.4, 0.5) is 0 Å². The smallest absolute Gasteiger partial charge is 0.346 e. The Balaban J connectivity index is 2.46. The number of carbonyl (C=O) groups is 1. The quantitative estimate of drug-likeness (QED) is 0.384. The number of nitrogens with zero attached hydrogens (tertiary/aromatic N) is 3. The number of unbranched alkanes of at least 4 members (excludes halogenated alkanes) is 3. The molecule has 0 bridgehead atoms. The van der Waals surface area contributed by atoms with Gasteiger partial charge in [-0.2, -0.15) is 10.2 Å². The lowest BCUT2D eigenvalue weighted by Gasteiger charge is -2.10. The van der Waals surface area contributed by atoms with Crippen LogP contribution >= 0.6 is 0 Å². The zero-order valence-corrected chi connectivity index (χ0v) is 15.9. The van der Waals surface area contributed by atoms with Crippen LogP contribution in [0.25, 0.3) is 11.7 Å². The van der Waals surface area contributed by atoms with Crippen LogP contribution in [0.3, 0.4) is 0 Å². The van der Waals surface area contributed by atoms with Crippen LogP contribution < -0.4 is 9.47 Å². The van der Waals surface area contributed by atoms with Crippen LogP contribution in [-0.2, 0) is 4.79 Å². The van der Waals surface area contributed by atoms with E-state index in [1.165, 1.54) is 6.08 Å². The number of imidazole rings is 1. The summed E-state index contributed by atoms with van der Waals surface area (Å²) in [4.78, 5) is 15.8. The number of hydrogen-bond acceptors (Lipinski definition) is 5. The van der Waals surface area contributed by atoms with Gasteiger partial charge >= 0.3 is 5.97 Å². The molecule has 0 fully saturated rings. The first-order valence-corrected chi connectivity index (χ1v) is 9.13. The number of hydrogen-bond donors (Lipinski definition) is 1. The van der Waals surface area contributed by atoms with Gasteiger partial charge in [-0.15, -0.1) is 0 Å². The van der Waals surface area contributed by atoms with Crippen molar-refractivity contribution in [2.45, 2.75) is 52.6 Å². The second kappa shape index (κ2) is 9.62. The molecule has 7 heteroatoms. The van der Waals surface area contributed by atoms with Crippen LogP contribution in [0.1, 0.15) is 52.1 Å². The van der Waals surface area contributed by atoms with Gasteiger partial charge in [-0.1, -0.05) is 26.2 Å². The highest BCUT2D eigenvalue weighted by Gasteiger charge is 2.18. The Morgan fingerprint density at radius 3 is 2.81 bits per heavy atom. The van der Waals surface area contributed by atoms with Crippen LogP contribution in [0.2, 0.25) is 0 Å². The standard InChI is InChI=1S/C20H25N3O4/c1-4-5-6-7-11-26-19-16(12-15(13-21)20(24)25)23-10-8-9-17(18(23)22-19)27-14(2)3/h8-10,12,14H,4-7,11H2,1-3H3,(H,24,25). The van der Waals surface area contributed by atoms with E-state index >= 15 is 0 Å². The van der Waals surface area contributed by atoms with E-state index in [-0.39, 0.29) is 11.7 Å². The van der Waals surface area contributed by atoms with Crippen molar-refractivity contribution in [2.75, 3.05) is 6.61 Å². The predicted molar refractivity (Wildman–Crippen MR) is 102 cm³/mol. The third kappa shape index (κ3) is 5.23. The van der Waals surface area contributed by atoms with Crippen molar-refractivity contribution in [1.29, 1.82) is 5.26 Å². The minimum Gasteiger partial charge on any atom is -0.487 e. The van der Waals surface area contributed by atoms with Crippen LogP contribution in [0.15, 0.2) is 23.9 Å². The topological polar surface area (TPSA) is 96.9 Å². The predicted octanol–water partition coefficient (Wildman–Crippen LogP) is 4.07. The van der Waals surface area contributed by atoms with Crippen LogP contribution in [0.5, 0.6) is 11.6 Å². The van der Waals surface area contributed by atoms with E-state index in [4.69, 9.17) is 14.7 Å². The summed E-state index contributed by atoms with van der Waals surface area (Å²) in [6.07, 6.45) is 7.16. The maximum atomic E-state index is 11.3. The molecule has 0 aliphatic heterocycles. The molecule has 2 aromatic heterocycles. The average molecular weight is 371 g/mol. The average Bonchev–Trinajstić information content (AvgIpc) is 2.97. The van der Waals surface area contributed by atoms with Crippen molar-refractivity contribution in [3.63, 3.8) is 0 Å². The van der Waals surface area contributed by atoms with Gasteiger partial charge in [0, 0.05) is 6.20 Å². The first-order valence-electron chi connectivity index (χ1n) is 9.13. The fourth-order valence-corrected chi connectivity index (χ4v) is 2.60. The molecular formula is C20H25N3O4. The number of fused-ring (bicyclic) bond motifs is 1. The van der Waals surface area contributed by atoms with Crippen molar-refractivity contribution in [2.24, 2.45) is 0 Å². The Morgan fingerprint density at radius 1 is 1.41 bits per heavy atom. The maximum Gasteiger partial charge on any atom is 0.346 e. The summed E-state index contributed by atoms with van der Waals surface area (Å²) in [7, 11) is 0. The van der Waals surface area contributed by atoms with Gasteiger partial charge in [0.2, 0.25) is 5.88 Å². The molecule has 144 valence electrons. The normalized spacial score (nSPS) is 11.6. The third-order valence-electron chi connectivity index (χ3n) is 3.85. The number of aliphatic carboxylic acids is 1. The summed E-state index contributed by atoms with van der Waals surface area (Å²) < 4.78 is 13.3. The number of pyridine rings is 1. The Bertz CT molecular complexity index is 862. The molecule has 2 aromatic rings. The first-order chi connectivity index (χ1) is 13.0. The molecule has 0 unspecified atom stereocenters. The van der Waals surface area contributed by atoms with Gasteiger partial charge in [-0.3, -0.25) is 4.40 Å². The highest BCUT2D eigenvalue weighted by molar-refractivity contribution is 5.96. The summed E-state index contributed by atoms with van der Waals surface area (Å²) in [5, 5.41) is 18.3. The summed E-state index contributed by atoms with van der Waals surface area (Å²) >= 11 is 0. The maximum absolute atomic E-state index is 11.3. The van der Waals surface area contributed by atoms with Gasteiger partial charge < -0.3 is 14.6 Å². The summed E-state index contributed by atoms with van der Waals surface area (Å²) in [6, 6.07) is 5.27. The molecule has 1 N–H and O–H groups in total. The minimum absolute atomic E-state index is 0.0426. The van der Waals surface area contributed by atoms with Crippen molar-refractivity contribution in [3.05, 3.63) is 29.6 Å². The molecule has 7 nitrogen and oxygen atoms in total. The highest BCUT2D eigenvalue weighted by atomic mass is 16.5. The van der Waals surface area contributed by atoms with Gasteiger partial charge in [-0.05, 0) is 38.5 Å². The van der Waals surface area contributed by atoms with E-state index in [2.05, 4.69) is 11.9 Å². The largest absolute Gasteiger partial charge is 0.487 e. The molecule has 0 atom stereocenters. The van der Waals surface area contributed by atoms with Crippen LogP contribution in [0, 0.1) is 11.3 Å². The molecule has 2 heterocycles. The SMILES string of the molecule is CCCCCCOc1nc2c(OC(C)C)cccn2c1C=C(C#N)C(=O)O. The van der Waals surface area contributed by atoms with Crippen molar-refractivity contribution < 1.29 is 19.4 Å². The number of aromatic nitrogens is 2. The van der Waals surface area contributed by atoms with Crippen molar-refractivity contribution in [1.82, 2.24) is 9.38 Å². The van der Waals surface area contributed by atoms with E-state index in [9.17, 15) is 9.90 Å². The fraction of sp³-hybridized carbons (Fsp3) is 0.450. The lowest BCUT2D eigenvalue weighted by atomic mass is 10.2. The van der Waals surface area contributed by atoms with E-state index in [0.717, 1.165) is 25.7 Å². The highest BCUT2D eigenvalue weighted by Crippen LogP contribution is 2.29. The molecule has 27 heavy (non-hydrogen) atoms. The molecule has 0 amide bonds. The molecule has 2 rings (SSSR count). The first kappa shape index (κ1) is 20.3. The summed E-state index contributed by atoms with van der Waals surface area (Å²) in [5.74, 6) is -0.437. The number of nitriles is 1. The number of carboxylic acid groups (broad SMARTS) is 1. The molecular weight excluding hydrogens is 346 g/mol. The van der Waals surface area contributed by atoms with E-state index in [0.29, 0.717) is 29.6 Å². The third-order valence-corrected chi connectivity index (χ3v) is 3.85. The van der Waals surface area contributed by atoms with Gasteiger partial charge in [0.25, 0.3) is 0 Å². The Kier molecular flexibility index (Phi) is 7.24.